The number of aromatic nitrogens is 2. The number of aliphatic hydroxyl groups excluding tert-OH is 1. The summed E-state index contributed by atoms with van der Waals surface area (Å²) in [5, 5.41) is 13.6. The molecule has 0 fully saturated rings. The van der Waals surface area contributed by atoms with Gasteiger partial charge < -0.3 is 5.11 Å². The Bertz CT molecular complexity index is 987. The number of thiol groups is 1. The third-order valence-electron chi connectivity index (χ3n) is 4.13. The Balaban J connectivity index is 2.04. The van der Waals surface area contributed by atoms with Crippen LogP contribution in [0.25, 0.3) is 16.9 Å². The Morgan fingerprint density at radius 3 is 2.22 bits per heavy atom. The first-order chi connectivity index (χ1) is 12.8. The Morgan fingerprint density at radius 2 is 1.70 bits per heavy atom. The second kappa shape index (κ2) is 7.98. The molecular formula is C19H18F2N2O3S. The van der Waals surface area contributed by atoms with Crippen molar-refractivity contribution in [3.05, 3.63) is 71.4 Å². The van der Waals surface area contributed by atoms with Crippen LogP contribution in [0.2, 0.25) is 0 Å². The summed E-state index contributed by atoms with van der Waals surface area (Å²) < 4.78 is 49.5. The van der Waals surface area contributed by atoms with E-state index in [9.17, 15) is 22.3 Å². The maximum Gasteiger partial charge on any atom is 0.282 e. The highest BCUT2D eigenvalue weighted by molar-refractivity contribution is 7.71. The first kappa shape index (κ1) is 19.2. The zero-order valence-corrected chi connectivity index (χ0v) is 15.3. The van der Waals surface area contributed by atoms with Crippen molar-refractivity contribution >= 4 is 10.7 Å². The third-order valence-corrected chi connectivity index (χ3v) is 4.76. The third kappa shape index (κ3) is 4.40. The van der Waals surface area contributed by atoms with Crippen LogP contribution in [0.15, 0.2) is 54.6 Å². The molecule has 1 heterocycles. The number of hydrogen-bond donors (Lipinski definition) is 2. The molecule has 1 unspecified atom stereocenters. The van der Waals surface area contributed by atoms with E-state index in [0.717, 1.165) is 0 Å². The average molecular weight is 392 g/mol. The number of nitrogens with zero attached hydrogens (tertiary/aromatic N) is 2. The van der Waals surface area contributed by atoms with Crippen molar-refractivity contribution < 1.29 is 22.3 Å². The van der Waals surface area contributed by atoms with E-state index in [1.54, 1.807) is 55.5 Å². The number of aliphatic hydroxyl groups is 1. The molecule has 1 aromatic heterocycles. The molecule has 0 bridgehead atoms. The summed E-state index contributed by atoms with van der Waals surface area (Å²) in [7, 11) is -2.53. The Kier molecular flexibility index (Phi) is 5.67. The van der Waals surface area contributed by atoms with E-state index in [0.29, 0.717) is 28.1 Å². The summed E-state index contributed by atoms with van der Waals surface area (Å²) in [4.78, 5) is 0. The number of alkyl halides is 2. The zero-order chi connectivity index (χ0) is 19.6. The summed E-state index contributed by atoms with van der Waals surface area (Å²) in [6.45, 7) is 1.64. The molecule has 0 aliphatic carbocycles. The van der Waals surface area contributed by atoms with Gasteiger partial charge in [-0.1, -0.05) is 36.4 Å². The minimum atomic E-state index is -2.72. The van der Waals surface area contributed by atoms with E-state index < -0.39 is 23.2 Å². The Hall–Kier alpha value is -2.58. The smallest absolute Gasteiger partial charge is 0.282 e. The van der Waals surface area contributed by atoms with Gasteiger partial charge in [-0.25, -0.2) is 21.9 Å². The van der Waals surface area contributed by atoms with E-state index in [4.69, 9.17) is 0 Å². The molecule has 0 aliphatic heterocycles. The average Bonchev–Trinajstić information content (AvgIpc) is 3.07. The van der Waals surface area contributed by atoms with Crippen LogP contribution >= 0.6 is 0 Å². The quantitative estimate of drug-likeness (QED) is 0.629. The first-order valence-corrected chi connectivity index (χ1v) is 9.59. The van der Waals surface area contributed by atoms with Crippen molar-refractivity contribution in [2.24, 2.45) is 0 Å². The summed E-state index contributed by atoms with van der Waals surface area (Å²) in [5.74, 6) is -0.0715. The van der Waals surface area contributed by atoms with Gasteiger partial charge in [-0.2, -0.15) is 5.10 Å². The molecule has 3 rings (SSSR count). The molecule has 0 radical (unpaired) electrons. The van der Waals surface area contributed by atoms with Gasteiger partial charge in [0.15, 0.2) is 0 Å². The van der Waals surface area contributed by atoms with Crippen LogP contribution in [0, 0.1) is 0 Å². The summed E-state index contributed by atoms with van der Waals surface area (Å²) in [5.41, 5.74) is 2.66. The molecule has 3 aromatic rings. The van der Waals surface area contributed by atoms with Crippen LogP contribution in [-0.4, -0.2) is 23.3 Å². The lowest BCUT2D eigenvalue weighted by atomic mass is 10.1. The van der Waals surface area contributed by atoms with Crippen LogP contribution in [-0.2, 0) is 16.5 Å². The number of benzene rings is 2. The maximum absolute atomic E-state index is 13.2. The second-order valence-electron chi connectivity index (χ2n) is 6.12. The lowest BCUT2D eigenvalue weighted by Gasteiger charge is -2.10. The SMILES string of the molecule is CC(O)c1ccc(-n2nc(C(F)F)cc2-c2ccc(C[SH](=O)=O)cc2)cc1. The highest BCUT2D eigenvalue weighted by Gasteiger charge is 2.18. The van der Waals surface area contributed by atoms with Gasteiger partial charge in [-0.15, -0.1) is 0 Å². The second-order valence-corrected chi connectivity index (χ2v) is 7.10. The molecule has 0 amide bonds. The molecule has 27 heavy (non-hydrogen) atoms. The molecule has 1 N–H and O–H groups in total. The zero-order valence-electron chi connectivity index (χ0n) is 14.4. The maximum atomic E-state index is 13.2. The first-order valence-electron chi connectivity index (χ1n) is 8.23. The van der Waals surface area contributed by atoms with Crippen LogP contribution in [0.5, 0.6) is 0 Å². The fraction of sp³-hybridized carbons (Fsp3) is 0.211. The van der Waals surface area contributed by atoms with E-state index in [-0.39, 0.29) is 11.4 Å². The fourth-order valence-electron chi connectivity index (χ4n) is 2.73. The van der Waals surface area contributed by atoms with Crippen molar-refractivity contribution in [3.8, 4) is 16.9 Å². The summed E-state index contributed by atoms with van der Waals surface area (Å²) in [6, 6.07) is 14.8. The predicted molar refractivity (Wildman–Crippen MR) is 98.6 cm³/mol. The standard InChI is InChI=1S/C19H18F2N2O3S/c1-12(24)14-6-8-16(9-7-14)23-18(10-17(22-23)19(20)21)15-4-2-13(3-5-15)11-27(25)26/h2-10,12,19,24,27H,11H2,1H3. The van der Waals surface area contributed by atoms with Crippen molar-refractivity contribution in [1.29, 1.82) is 0 Å². The van der Waals surface area contributed by atoms with Gasteiger partial charge in [0.25, 0.3) is 6.43 Å². The lowest BCUT2D eigenvalue weighted by Crippen LogP contribution is -2.01. The van der Waals surface area contributed by atoms with Crippen LogP contribution in [0.1, 0.15) is 36.3 Å². The van der Waals surface area contributed by atoms with Crippen LogP contribution in [0.4, 0.5) is 8.78 Å². The molecular weight excluding hydrogens is 374 g/mol. The molecule has 0 aliphatic rings. The molecule has 0 saturated carbocycles. The summed E-state index contributed by atoms with van der Waals surface area (Å²) >= 11 is 0. The van der Waals surface area contributed by atoms with E-state index in [1.807, 2.05) is 0 Å². The van der Waals surface area contributed by atoms with Crippen molar-refractivity contribution in [2.75, 3.05) is 0 Å². The predicted octanol–water partition coefficient (Wildman–Crippen LogP) is 3.64. The Morgan fingerprint density at radius 1 is 1.07 bits per heavy atom. The normalized spacial score (nSPS) is 12.7. The molecule has 0 saturated heterocycles. The lowest BCUT2D eigenvalue weighted by molar-refractivity contribution is 0.145. The largest absolute Gasteiger partial charge is 0.389 e. The van der Waals surface area contributed by atoms with Crippen LogP contribution in [0.3, 0.4) is 0 Å². The molecule has 0 spiro atoms. The van der Waals surface area contributed by atoms with Crippen LogP contribution < -0.4 is 0 Å². The number of rotatable bonds is 6. The van der Waals surface area contributed by atoms with Crippen molar-refractivity contribution in [2.45, 2.75) is 25.2 Å². The van der Waals surface area contributed by atoms with Crippen molar-refractivity contribution in [1.82, 2.24) is 9.78 Å². The van der Waals surface area contributed by atoms with Gasteiger partial charge in [0.2, 0.25) is 0 Å². The van der Waals surface area contributed by atoms with Gasteiger partial charge in [-0.05, 0) is 36.2 Å². The Labute approximate surface area is 156 Å². The minimum Gasteiger partial charge on any atom is -0.389 e. The highest BCUT2D eigenvalue weighted by Crippen LogP contribution is 2.29. The molecule has 1 atom stereocenters. The van der Waals surface area contributed by atoms with E-state index in [1.165, 1.54) is 10.7 Å². The van der Waals surface area contributed by atoms with E-state index >= 15 is 0 Å². The van der Waals surface area contributed by atoms with Gasteiger partial charge in [-0.3, -0.25) is 0 Å². The topological polar surface area (TPSA) is 72.2 Å². The molecule has 142 valence electrons. The van der Waals surface area contributed by atoms with Gasteiger partial charge in [0.1, 0.15) is 16.4 Å². The number of hydrogen-bond acceptors (Lipinski definition) is 4. The van der Waals surface area contributed by atoms with Gasteiger partial charge >= 0.3 is 0 Å². The number of halogens is 2. The fourth-order valence-corrected chi connectivity index (χ4v) is 3.24. The van der Waals surface area contributed by atoms with Gasteiger partial charge in [0.05, 0.1) is 23.2 Å². The highest BCUT2D eigenvalue weighted by atomic mass is 32.2. The van der Waals surface area contributed by atoms with E-state index in [2.05, 4.69) is 5.10 Å². The molecule has 5 nitrogen and oxygen atoms in total. The minimum absolute atomic E-state index is 0.0715. The summed E-state index contributed by atoms with van der Waals surface area (Å²) in [6.07, 6.45) is -3.35. The van der Waals surface area contributed by atoms with Gasteiger partial charge in [0, 0.05) is 5.56 Å². The van der Waals surface area contributed by atoms with Crippen molar-refractivity contribution in [3.63, 3.8) is 0 Å². The molecule has 8 heteroatoms. The molecule has 2 aromatic carbocycles. The monoisotopic (exact) mass is 392 g/mol.